The van der Waals surface area contributed by atoms with E-state index >= 15 is 0 Å². The van der Waals surface area contributed by atoms with E-state index in [0.717, 1.165) is 10.9 Å². The normalized spacial score (nSPS) is 20.2. The highest BCUT2D eigenvalue weighted by atomic mass is 19.1. The van der Waals surface area contributed by atoms with E-state index in [1.54, 1.807) is 19.3 Å². The third-order valence-corrected chi connectivity index (χ3v) is 4.79. The molecule has 1 saturated heterocycles. The van der Waals surface area contributed by atoms with E-state index in [1.165, 1.54) is 4.90 Å². The second-order valence-electron chi connectivity index (χ2n) is 6.79. The van der Waals surface area contributed by atoms with Crippen molar-refractivity contribution in [3.8, 4) is 11.3 Å². The maximum atomic E-state index is 13.8. The number of fused-ring (bicyclic) bond motifs is 1. The summed E-state index contributed by atoms with van der Waals surface area (Å²) in [5.74, 6) is 1.46. The second-order valence-corrected chi connectivity index (χ2v) is 6.79. The molecule has 27 heavy (non-hydrogen) atoms. The molecule has 8 heteroatoms. The van der Waals surface area contributed by atoms with Crippen molar-refractivity contribution in [1.82, 2.24) is 19.9 Å². The Balaban J connectivity index is 1.54. The number of halogens is 1. The van der Waals surface area contributed by atoms with Crippen molar-refractivity contribution in [3.05, 3.63) is 42.3 Å². The zero-order valence-electron chi connectivity index (χ0n) is 14.9. The van der Waals surface area contributed by atoms with Crippen LogP contribution >= 0.6 is 0 Å². The molecule has 7 nitrogen and oxygen atoms in total. The molecular formula is C19H20FN5O2. The third kappa shape index (κ3) is 3.66. The van der Waals surface area contributed by atoms with E-state index in [9.17, 15) is 9.18 Å². The summed E-state index contributed by atoms with van der Waals surface area (Å²) in [6.07, 6.45) is 2.66. The van der Waals surface area contributed by atoms with Crippen molar-refractivity contribution in [1.29, 1.82) is 0 Å². The van der Waals surface area contributed by atoms with Crippen LogP contribution in [0.15, 0.2) is 35.0 Å². The fourth-order valence-corrected chi connectivity index (χ4v) is 3.19. The van der Waals surface area contributed by atoms with Gasteiger partial charge in [-0.05, 0) is 12.5 Å². The monoisotopic (exact) mass is 369 g/mol. The van der Waals surface area contributed by atoms with Crippen LogP contribution in [-0.4, -0.2) is 51.1 Å². The zero-order valence-corrected chi connectivity index (χ0v) is 14.9. The van der Waals surface area contributed by atoms with E-state index < -0.39 is 12.2 Å². The minimum atomic E-state index is -1.19. The van der Waals surface area contributed by atoms with Crippen molar-refractivity contribution in [2.75, 3.05) is 13.1 Å². The van der Waals surface area contributed by atoms with Crippen LogP contribution in [-0.2, 0) is 11.2 Å². The van der Waals surface area contributed by atoms with Gasteiger partial charge in [-0.1, -0.05) is 12.1 Å². The molecule has 0 aliphatic carbocycles. The number of carbonyl (C=O) groups is 1. The summed E-state index contributed by atoms with van der Waals surface area (Å²) < 4.78 is 19.3. The SMILES string of the molecule is Cc1ncc(-c2ccc3cnc(CC(=O)N4CC[C@@H](N)[C@H](F)C4)nc3c2)o1. The Morgan fingerprint density at radius 1 is 1.37 bits per heavy atom. The standard InChI is InChI=1S/C19H20FN5O2/c1-11-22-9-17(27-11)12-2-3-13-8-23-18(24-16(13)6-12)7-19(26)25-5-4-15(21)14(20)10-25/h2-3,6,8-9,14-15H,4-5,7,10,21H2,1H3/t14-,15-/m1/s1. The number of oxazole rings is 1. The highest BCUT2D eigenvalue weighted by Gasteiger charge is 2.29. The van der Waals surface area contributed by atoms with Gasteiger partial charge >= 0.3 is 0 Å². The average Bonchev–Trinajstić information content (AvgIpc) is 3.09. The lowest BCUT2D eigenvalue weighted by molar-refractivity contribution is -0.132. The van der Waals surface area contributed by atoms with Gasteiger partial charge in [-0.25, -0.2) is 19.3 Å². The third-order valence-electron chi connectivity index (χ3n) is 4.79. The van der Waals surface area contributed by atoms with Crippen LogP contribution in [0.2, 0.25) is 0 Å². The highest BCUT2D eigenvalue weighted by Crippen LogP contribution is 2.24. The summed E-state index contributed by atoms with van der Waals surface area (Å²) in [6, 6.07) is 5.19. The topological polar surface area (TPSA) is 98.1 Å². The van der Waals surface area contributed by atoms with Gasteiger partial charge < -0.3 is 15.1 Å². The summed E-state index contributed by atoms with van der Waals surface area (Å²) in [5, 5.41) is 0.860. The predicted molar refractivity (Wildman–Crippen MR) is 97.5 cm³/mol. The van der Waals surface area contributed by atoms with Gasteiger partial charge in [0.15, 0.2) is 11.7 Å². The Labute approximate surface area is 155 Å². The molecule has 0 spiro atoms. The van der Waals surface area contributed by atoms with E-state index in [-0.39, 0.29) is 18.9 Å². The Kier molecular flexibility index (Phi) is 4.57. The van der Waals surface area contributed by atoms with E-state index in [4.69, 9.17) is 10.2 Å². The van der Waals surface area contributed by atoms with Crippen molar-refractivity contribution >= 4 is 16.8 Å². The number of likely N-dealkylation sites (tertiary alicyclic amines) is 1. The molecule has 2 aromatic heterocycles. The Hall–Kier alpha value is -2.87. The number of carbonyl (C=O) groups excluding carboxylic acids is 1. The molecule has 1 fully saturated rings. The quantitative estimate of drug-likeness (QED) is 0.759. The number of piperidine rings is 1. The molecule has 3 heterocycles. The maximum Gasteiger partial charge on any atom is 0.230 e. The molecule has 1 aliphatic rings. The minimum Gasteiger partial charge on any atom is -0.441 e. The van der Waals surface area contributed by atoms with Crippen molar-refractivity contribution in [2.45, 2.75) is 32.0 Å². The van der Waals surface area contributed by atoms with Crippen LogP contribution in [0.25, 0.3) is 22.2 Å². The van der Waals surface area contributed by atoms with Gasteiger partial charge in [0.1, 0.15) is 12.0 Å². The molecule has 1 amide bonds. The molecule has 140 valence electrons. The number of nitrogens with two attached hydrogens (primary N) is 1. The molecule has 2 atom stereocenters. The number of rotatable bonds is 3. The average molecular weight is 369 g/mol. The molecule has 0 bridgehead atoms. The zero-order chi connectivity index (χ0) is 19.0. The maximum absolute atomic E-state index is 13.8. The summed E-state index contributed by atoms with van der Waals surface area (Å²) in [4.78, 5) is 26.8. The predicted octanol–water partition coefficient (Wildman–Crippen LogP) is 2.03. The number of hydrogen-bond acceptors (Lipinski definition) is 6. The molecular weight excluding hydrogens is 349 g/mol. The Morgan fingerprint density at radius 3 is 2.96 bits per heavy atom. The van der Waals surface area contributed by atoms with Gasteiger partial charge in [0.25, 0.3) is 0 Å². The van der Waals surface area contributed by atoms with Crippen molar-refractivity contribution < 1.29 is 13.6 Å². The van der Waals surface area contributed by atoms with Crippen LogP contribution in [0.3, 0.4) is 0 Å². The van der Waals surface area contributed by atoms with Crippen LogP contribution in [0.4, 0.5) is 4.39 Å². The van der Waals surface area contributed by atoms with Crippen LogP contribution in [0, 0.1) is 6.92 Å². The first-order chi connectivity index (χ1) is 13.0. The molecule has 4 rings (SSSR count). The summed E-state index contributed by atoms with van der Waals surface area (Å²) in [6.45, 7) is 2.28. The Morgan fingerprint density at radius 2 is 2.22 bits per heavy atom. The minimum absolute atomic E-state index is 0.0303. The largest absolute Gasteiger partial charge is 0.441 e. The fourth-order valence-electron chi connectivity index (χ4n) is 3.19. The first-order valence-electron chi connectivity index (χ1n) is 8.85. The van der Waals surface area contributed by atoms with Gasteiger partial charge in [-0.3, -0.25) is 4.79 Å². The van der Waals surface area contributed by atoms with Crippen LogP contribution < -0.4 is 5.73 Å². The van der Waals surface area contributed by atoms with Crippen LogP contribution in [0.1, 0.15) is 18.1 Å². The molecule has 1 aromatic carbocycles. The molecule has 0 saturated carbocycles. The van der Waals surface area contributed by atoms with E-state index in [2.05, 4.69) is 15.0 Å². The smallest absolute Gasteiger partial charge is 0.230 e. The Bertz CT molecular complexity index is 989. The van der Waals surface area contributed by atoms with E-state index in [1.807, 2.05) is 18.2 Å². The second kappa shape index (κ2) is 7.03. The van der Waals surface area contributed by atoms with Crippen LogP contribution in [0.5, 0.6) is 0 Å². The van der Waals surface area contributed by atoms with Gasteiger partial charge in [0.05, 0.1) is 24.7 Å². The number of aromatic nitrogens is 3. The highest BCUT2D eigenvalue weighted by molar-refractivity contribution is 5.83. The number of nitrogens with zero attached hydrogens (tertiary/aromatic N) is 4. The summed E-state index contributed by atoms with van der Waals surface area (Å²) in [7, 11) is 0. The summed E-state index contributed by atoms with van der Waals surface area (Å²) >= 11 is 0. The van der Waals surface area contributed by atoms with Gasteiger partial charge in [-0.15, -0.1) is 0 Å². The van der Waals surface area contributed by atoms with Gasteiger partial charge in [-0.2, -0.15) is 0 Å². The molecule has 2 N–H and O–H groups in total. The number of amides is 1. The van der Waals surface area contributed by atoms with E-state index in [0.29, 0.717) is 36.0 Å². The number of aryl methyl sites for hydroxylation is 1. The molecule has 0 radical (unpaired) electrons. The molecule has 3 aromatic rings. The van der Waals surface area contributed by atoms with Gasteiger partial charge in [0.2, 0.25) is 5.91 Å². The first kappa shape index (κ1) is 17.5. The van der Waals surface area contributed by atoms with Gasteiger partial charge in [0, 0.05) is 36.7 Å². The molecule has 0 unspecified atom stereocenters. The lowest BCUT2D eigenvalue weighted by Gasteiger charge is -2.32. The lowest BCUT2D eigenvalue weighted by Crippen LogP contribution is -2.50. The lowest BCUT2D eigenvalue weighted by atomic mass is 10.0. The number of benzene rings is 1. The first-order valence-corrected chi connectivity index (χ1v) is 8.85. The van der Waals surface area contributed by atoms with Crippen molar-refractivity contribution in [2.24, 2.45) is 5.73 Å². The number of hydrogen-bond donors (Lipinski definition) is 1. The number of alkyl halides is 1. The fraction of sp³-hybridized carbons (Fsp3) is 0.368. The van der Waals surface area contributed by atoms with Crippen molar-refractivity contribution in [3.63, 3.8) is 0 Å². The molecule has 1 aliphatic heterocycles. The summed E-state index contributed by atoms with van der Waals surface area (Å²) in [5.41, 5.74) is 7.23.